The highest BCUT2D eigenvalue weighted by Crippen LogP contribution is 2.14. The summed E-state index contributed by atoms with van der Waals surface area (Å²) in [7, 11) is 0. The van der Waals surface area contributed by atoms with Crippen LogP contribution in [0.2, 0.25) is 0 Å². The number of carbonyl (C=O) groups excluding carboxylic acids is 5. The van der Waals surface area contributed by atoms with Gasteiger partial charge in [-0.05, 0) is 25.7 Å². The third kappa shape index (κ3) is 37.8. The Morgan fingerprint density at radius 1 is 0.441 bits per heavy atom. The van der Waals surface area contributed by atoms with Gasteiger partial charge in [-0.1, -0.05) is 77.0 Å². The Bertz CT molecular complexity index is 1190. The van der Waals surface area contributed by atoms with Gasteiger partial charge in [-0.25, -0.2) is 9.59 Å². The number of carboxylic acid groups (broad SMARTS) is 3. The van der Waals surface area contributed by atoms with Gasteiger partial charge in [-0.2, -0.15) is 0 Å². The van der Waals surface area contributed by atoms with Gasteiger partial charge in [0, 0.05) is 38.8 Å². The average Bonchev–Trinajstić information content (AvgIpc) is 3.19. The quantitative estimate of drug-likeness (QED) is 0.0343. The van der Waals surface area contributed by atoms with Gasteiger partial charge >= 0.3 is 17.9 Å². The largest absolute Gasteiger partial charge is 0.481 e. The fourth-order valence-electron chi connectivity index (χ4n) is 5.64. The molecule has 0 radical (unpaired) electrons. The summed E-state index contributed by atoms with van der Waals surface area (Å²) >= 11 is 0. The molecule has 4 amide bonds. The first kappa shape index (κ1) is 54.8. The van der Waals surface area contributed by atoms with Crippen LogP contribution in [0.25, 0.3) is 0 Å². The lowest BCUT2D eigenvalue weighted by atomic mass is 10.0. The first-order chi connectivity index (χ1) is 28.5. The maximum atomic E-state index is 12.3. The van der Waals surface area contributed by atoms with E-state index in [9.17, 15) is 43.5 Å². The second kappa shape index (κ2) is 39.3. The van der Waals surface area contributed by atoms with Crippen molar-refractivity contribution in [3.8, 4) is 0 Å². The van der Waals surface area contributed by atoms with Crippen molar-refractivity contribution in [3.05, 3.63) is 0 Å². The molecule has 19 nitrogen and oxygen atoms in total. The summed E-state index contributed by atoms with van der Waals surface area (Å²) in [5, 5.41) is 37.2. The van der Waals surface area contributed by atoms with Crippen LogP contribution in [0.5, 0.6) is 0 Å². The topological polar surface area (TPSA) is 282 Å². The first-order valence-corrected chi connectivity index (χ1v) is 21.0. The third-order valence-electron chi connectivity index (χ3n) is 8.89. The summed E-state index contributed by atoms with van der Waals surface area (Å²) in [6.07, 6.45) is 15.9. The van der Waals surface area contributed by atoms with E-state index in [1.165, 1.54) is 38.5 Å². The molecule has 0 aliphatic rings. The fourth-order valence-corrected chi connectivity index (χ4v) is 5.64. The molecule has 0 heterocycles. The standard InChI is InChI=1S/C40H70N4O15/c45-23-15-16-32(39(52)53)44-37(49)31-59-29-27-57-25-22-42-36(48)30-58-28-26-56-24-21-41-34(46)20-19-33(40(54)55)43-35(47)17-13-11-9-7-5-3-1-2-4-6-8-10-12-14-18-38(50)51/h23,32-33H,1-22,24-31H2,(H,41,46)(H,42,48)(H,43,47)(H,44,49)(H,50,51)(H,52,53)(H,54,55)/t32-,33-/m0/s1. The van der Waals surface area contributed by atoms with Crippen molar-refractivity contribution in [1.82, 2.24) is 21.3 Å². The summed E-state index contributed by atoms with van der Waals surface area (Å²) in [5.74, 6) is -4.87. The molecule has 7 N–H and O–H groups in total. The number of nitrogens with one attached hydrogen (secondary N) is 4. The van der Waals surface area contributed by atoms with E-state index in [4.69, 9.17) is 29.2 Å². The molecule has 0 rings (SSSR count). The minimum Gasteiger partial charge on any atom is -0.481 e. The Morgan fingerprint density at radius 3 is 1.32 bits per heavy atom. The minimum absolute atomic E-state index is 0.00707. The molecule has 0 aromatic rings. The molecule has 0 unspecified atom stereocenters. The van der Waals surface area contributed by atoms with E-state index in [-0.39, 0.29) is 122 Å². The number of unbranched alkanes of at least 4 members (excludes halogenated alkanes) is 13. The van der Waals surface area contributed by atoms with Gasteiger partial charge < -0.3 is 60.3 Å². The molecule has 0 aromatic heterocycles. The van der Waals surface area contributed by atoms with Crippen molar-refractivity contribution >= 4 is 47.8 Å². The van der Waals surface area contributed by atoms with Crippen molar-refractivity contribution in [2.75, 3.05) is 65.9 Å². The van der Waals surface area contributed by atoms with Crippen molar-refractivity contribution in [2.24, 2.45) is 0 Å². The lowest BCUT2D eigenvalue weighted by Crippen LogP contribution is -2.42. The van der Waals surface area contributed by atoms with Crippen LogP contribution in [0.15, 0.2) is 0 Å². The Kier molecular flexibility index (Phi) is 36.5. The molecule has 0 fully saturated rings. The molecule has 0 saturated heterocycles. The number of hydrogen-bond donors (Lipinski definition) is 7. The number of hydrogen-bond acceptors (Lipinski definition) is 12. The number of aldehydes is 1. The summed E-state index contributed by atoms with van der Waals surface area (Å²) in [6, 6.07) is -2.32. The molecule has 59 heavy (non-hydrogen) atoms. The van der Waals surface area contributed by atoms with Gasteiger partial charge in [-0.3, -0.25) is 24.0 Å². The zero-order valence-corrected chi connectivity index (χ0v) is 34.7. The van der Waals surface area contributed by atoms with Crippen molar-refractivity contribution in [1.29, 1.82) is 0 Å². The zero-order chi connectivity index (χ0) is 43.8. The molecule has 0 bridgehead atoms. The zero-order valence-electron chi connectivity index (χ0n) is 34.7. The highest BCUT2D eigenvalue weighted by molar-refractivity contribution is 5.85. The summed E-state index contributed by atoms with van der Waals surface area (Å²) in [5.41, 5.74) is 0. The normalized spacial score (nSPS) is 11.9. The Balaban J connectivity index is 3.71. The highest BCUT2D eigenvalue weighted by Gasteiger charge is 2.21. The van der Waals surface area contributed by atoms with Crippen LogP contribution >= 0.6 is 0 Å². The van der Waals surface area contributed by atoms with E-state index >= 15 is 0 Å². The molecule has 0 spiro atoms. The monoisotopic (exact) mass is 846 g/mol. The molecule has 0 aliphatic heterocycles. The lowest BCUT2D eigenvalue weighted by molar-refractivity contribution is -0.143. The van der Waals surface area contributed by atoms with Crippen LogP contribution in [0, 0.1) is 0 Å². The Labute approximate surface area is 347 Å². The minimum atomic E-state index is -1.24. The van der Waals surface area contributed by atoms with Gasteiger partial charge in [0.1, 0.15) is 31.6 Å². The molecule has 0 saturated carbocycles. The van der Waals surface area contributed by atoms with E-state index in [1.807, 2.05) is 0 Å². The Hall–Kier alpha value is -4.20. The van der Waals surface area contributed by atoms with Gasteiger partial charge in [0.25, 0.3) is 0 Å². The van der Waals surface area contributed by atoms with Crippen LogP contribution < -0.4 is 21.3 Å². The van der Waals surface area contributed by atoms with Crippen LogP contribution in [-0.4, -0.2) is 141 Å². The number of ether oxygens (including phenoxy) is 4. The van der Waals surface area contributed by atoms with E-state index in [0.717, 1.165) is 44.9 Å². The molecule has 2 atom stereocenters. The molecule has 0 aromatic carbocycles. The van der Waals surface area contributed by atoms with Crippen LogP contribution in [0.4, 0.5) is 0 Å². The predicted octanol–water partition coefficient (Wildman–Crippen LogP) is 2.51. The predicted molar refractivity (Wildman–Crippen MR) is 214 cm³/mol. The highest BCUT2D eigenvalue weighted by atomic mass is 16.5. The van der Waals surface area contributed by atoms with Crippen molar-refractivity contribution in [2.45, 2.75) is 141 Å². The third-order valence-corrected chi connectivity index (χ3v) is 8.89. The average molecular weight is 847 g/mol. The van der Waals surface area contributed by atoms with Crippen molar-refractivity contribution < 1.29 is 72.6 Å². The van der Waals surface area contributed by atoms with Gasteiger partial charge in [0.15, 0.2) is 0 Å². The number of carbonyl (C=O) groups is 8. The smallest absolute Gasteiger partial charge is 0.326 e. The molecular formula is C40H70N4O15. The van der Waals surface area contributed by atoms with E-state index in [0.29, 0.717) is 12.7 Å². The maximum absolute atomic E-state index is 12.3. The van der Waals surface area contributed by atoms with Crippen LogP contribution in [0.3, 0.4) is 0 Å². The van der Waals surface area contributed by atoms with E-state index in [1.54, 1.807) is 0 Å². The maximum Gasteiger partial charge on any atom is 0.326 e. The number of aliphatic carboxylic acids is 3. The van der Waals surface area contributed by atoms with Gasteiger partial charge in [0.05, 0.1) is 39.6 Å². The van der Waals surface area contributed by atoms with Crippen LogP contribution in [0.1, 0.15) is 128 Å². The molecule has 19 heteroatoms. The summed E-state index contributed by atoms with van der Waals surface area (Å²) < 4.78 is 21.0. The Morgan fingerprint density at radius 2 is 0.847 bits per heavy atom. The number of amides is 4. The first-order valence-electron chi connectivity index (χ1n) is 21.0. The molecule has 0 aliphatic carbocycles. The van der Waals surface area contributed by atoms with Gasteiger partial charge in [0.2, 0.25) is 23.6 Å². The van der Waals surface area contributed by atoms with Gasteiger partial charge in [-0.15, -0.1) is 0 Å². The lowest BCUT2D eigenvalue weighted by Gasteiger charge is -2.14. The number of rotatable bonds is 43. The van der Waals surface area contributed by atoms with E-state index < -0.39 is 35.9 Å². The SMILES string of the molecule is O=CCC[C@H](NC(=O)COCCOCCNC(=O)COCCOCCNC(=O)CC[C@H](NC(=O)CCCCCCCCCCCCCCCCC(=O)O)C(=O)O)C(=O)O. The number of carboxylic acids is 3. The molecular weight excluding hydrogens is 776 g/mol. The van der Waals surface area contributed by atoms with Crippen LogP contribution in [-0.2, 0) is 57.3 Å². The summed E-state index contributed by atoms with van der Waals surface area (Å²) in [6.45, 7) is 0.702. The molecule has 340 valence electrons. The second-order valence-corrected chi connectivity index (χ2v) is 14.1. The van der Waals surface area contributed by atoms with Crippen molar-refractivity contribution in [3.63, 3.8) is 0 Å². The summed E-state index contributed by atoms with van der Waals surface area (Å²) in [4.78, 5) is 91.7. The fraction of sp³-hybridized carbons (Fsp3) is 0.800. The van der Waals surface area contributed by atoms with E-state index in [2.05, 4.69) is 21.3 Å². The second-order valence-electron chi connectivity index (χ2n) is 14.1.